The van der Waals surface area contributed by atoms with Crippen LogP contribution in [0.1, 0.15) is 76.6 Å². The molecular formula is C35H46N6O5. The Labute approximate surface area is 270 Å². The summed E-state index contributed by atoms with van der Waals surface area (Å²) in [6, 6.07) is 14.9. The average molecular weight is 631 g/mol. The largest absolute Gasteiger partial charge is 0.444 e. The predicted octanol–water partition coefficient (Wildman–Crippen LogP) is 4.43. The molecule has 1 aliphatic carbocycles. The van der Waals surface area contributed by atoms with Crippen LogP contribution >= 0.6 is 0 Å². The Balaban J connectivity index is 1.34. The van der Waals surface area contributed by atoms with E-state index in [4.69, 9.17) is 4.74 Å². The topological polar surface area (TPSA) is 145 Å². The monoisotopic (exact) mass is 630 g/mol. The lowest BCUT2D eigenvalue weighted by Crippen LogP contribution is -2.60. The standard InChI is InChI=1S/C35H46N6O5/c1-33(2,3)46-32(45)40-34(4,5)30(43)38-27(19-22-21-37-26-14-10-8-11-23(22)26)29(42)41-17-15-35(16-18-41)20-28(39-31(44)36-6)24-12-7-9-13-25(24)35/h7-14,21,27-28,37H,15-20H2,1-6H3,(H,38,43)(H,40,45)(H2,36,39,44)/t27-,28?/m1/s1. The molecule has 2 heterocycles. The Hall–Kier alpha value is -4.54. The van der Waals surface area contributed by atoms with Gasteiger partial charge in [-0.15, -0.1) is 0 Å². The van der Waals surface area contributed by atoms with E-state index in [1.807, 2.05) is 47.5 Å². The van der Waals surface area contributed by atoms with Crippen LogP contribution in [0.4, 0.5) is 9.59 Å². The molecule has 246 valence electrons. The van der Waals surface area contributed by atoms with Crippen molar-refractivity contribution in [1.29, 1.82) is 0 Å². The van der Waals surface area contributed by atoms with Gasteiger partial charge in [0, 0.05) is 49.1 Å². The molecule has 0 saturated carbocycles. The summed E-state index contributed by atoms with van der Waals surface area (Å²) >= 11 is 0. The maximum Gasteiger partial charge on any atom is 0.408 e. The molecule has 1 spiro atoms. The maximum absolute atomic E-state index is 14.3. The molecule has 3 aromatic rings. The minimum absolute atomic E-state index is 0.105. The lowest BCUT2D eigenvalue weighted by Gasteiger charge is -2.41. The lowest BCUT2D eigenvalue weighted by atomic mass is 9.73. The summed E-state index contributed by atoms with van der Waals surface area (Å²) in [5, 5.41) is 12.3. The Bertz CT molecular complexity index is 1610. The second-order valence-corrected chi connectivity index (χ2v) is 14.0. The number of amides is 5. The van der Waals surface area contributed by atoms with Gasteiger partial charge < -0.3 is 35.9 Å². The second-order valence-electron chi connectivity index (χ2n) is 14.0. The van der Waals surface area contributed by atoms with Gasteiger partial charge in [-0.25, -0.2) is 9.59 Å². The number of rotatable bonds is 7. The van der Waals surface area contributed by atoms with Crippen molar-refractivity contribution >= 4 is 34.8 Å². The van der Waals surface area contributed by atoms with Gasteiger partial charge in [0.15, 0.2) is 0 Å². The third-order valence-corrected chi connectivity index (χ3v) is 9.15. The van der Waals surface area contributed by atoms with E-state index in [2.05, 4.69) is 38.4 Å². The maximum atomic E-state index is 14.3. The van der Waals surface area contributed by atoms with Crippen LogP contribution in [0.15, 0.2) is 54.7 Å². The van der Waals surface area contributed by atoms with Crippen LogP contribution < -0.4 is 21.3 Å². The molecule has 5 N–H and O–H groups in total. The molecule has 1 unspecified atom stereocenters. The number of ether oxygens (including phenoxy) is 1. The molecule has 46 heavy (non-hydrogen) atoms. The van der Waals surface area contributed by atoms with Gasteiger partial charge in [0.2, 0.25) is 11.8 Å². The van der Waals surface area contributed by atoms with Crippen LogP contribution in [0, 0.1) is 0 Å². The summed E-state index contributed by atoms with van der Waals surface area (Å²) in [4.78, 5) is 57.8. The van der Waals surface area contributed by atoms with Crippen molar-refractivity contribution in [2.24, 2.45) is 0 Å². The van der Waals surface area contributed by atoms with Gasteiger partial charge >= 0.3 is 12.1 Å². The van der Waals surface area contributed by atoms with Crippen molar-refractivity contribution in [2.45, 2.75) is 88.9 Å². The fourth-order valence-corrected chi connectivity index (χ4v) is 6.78. The number of hydrogen-bond acceptors (Lipinski definition) is 5. The summed E-state index contributed by atoms with van der Waals surface area (Å²) in [5.74, 6) is -0.661. The van der Waals surface area contributed by atoms with Crippen LogP contribution in [-0.2, 0) is 26.2 Å². The molecule has 0 radical (unpaired) electrons. The number of carbonyl (C=O) groups is 4. The van der Waals surface area contributed by atoms with Crippen LogP contribution in [0.3, 0.4) is 0 Å². The number of nitrogens with zero attached hydrogens (tertiary/aromatic N) is 1. The first-order chi connectivity index (χ1) is 21.7. The van der Waals surface area contributed by atoms with E-state index in [1.165, 1.54) is 5.56 Å². The zero-order valence-corrected chi connectivity index (χ0v) is 27.6. The van der Waals surface area contributed by atoms with Crippen molar-refractivity contribution in [3.63, 3.8) is 0 Å². The molecule has 2 atom stereocenters. The molecule has 5 rings (SSSR count). The number of carbonyl (C=O) groups excluding carboxylic acids is 4. The quantitative estimate of drug-likeness (QED) is 0.262. The van der Waals surface area contributed by atoms with Crippen LogP contribution in [0.2, 0.25) is 0 Å². The Kier molecular flexibility index (Phi) is 9.06. The van der Waals surface area contributed by atoms with Crippen molar-refractivity contribution < 1.29 is 23.9 Å². The van der Waals surface area contributed by atoms with Gasteiger partial charge in [-0.1, -0.05) is 42.5 Å². The van der Waals surface area contributed by atoms with E-state index in [0.717, 1.165) is 41.3 Å². The number of H-pyrrole nitrogens is 1. The third-order valence-electron chi connectivity index (χ3n) is 9.15. The molecular weight excluding hydrogens is 584 g/mol. The first kappa shape index (κ1) is 32.8. The van der Waals surface area contributed by atoms with Crippen molar-refractivity contribution in [3.8, 4) is 0 Å². The number of aromatic nitrogens is 1. The first-order valence-electron chi connectivity index (χ1n) is 15.9. The molecule has 2 aliphatic rings. The van der Waals surface area contributed by atoms with Crippen LogP contribution in [0.25, 0.3) is 10.9 Å². The van der Waals surface area contributed by atoms with Crippen molar-refractivity contribution in [3.05, 3.63) is 71.4 Å². The van der Waals surface area contributed by atoms with Gasteiger partial charge in [-0.05, 0) is 76.6 Å². The molecule has 1 aromatic heterocycles. The molecule has 1 aliphatic heterocycles. The van der Waals surface area contributed by atoms with Gasteiger partial charge in [-0.2, -0.15) is 0 Å². The molecule has 0 bridgehead atoms. The highest BCUT2D eigenvalue weighted by atomic mass is 16.6. The number of nitrogens with one attached hydrogen (secondary N) is 5. The van der Waals surface area contributed by atoms with Gasteiger partial charge in [0.05, 0.1) is 6.04 Å². The minimum atomic E-state index is -1.34. The highest BCUT2D eigenvalue weighted by molar-refractivity contribution is 5.94. The number of aromatic amines is 1. The Morgan fingerprint density at radius 3 is 2.37 bits per heavy atom. The van der Waals surface area contributed by atoms with E-state index in [1.54, 1.807) is 41.7 Å². The zero-order valence-electron chi connectivity index (χ0n) is 27.6. The first-order valence-corrected chi connectivity index (χ1v) is 15.9. The SMILES string of the molecule is CNC(=O)NC1CC2(CCN(C(=O)[C@@H](Cc3c[nH]c4ccccc34)NC(=O)C(C)(C)NC(=O)OC(C)(C)C)CC2)c2ccccc21. The predicted molar refractivity (Wildman–Crippen MR) is 176 cm³/mol. The molecule has 2 aromatic carbocycles. The van der Waals surface area contributed by atoms with Gasteiger partial charge in [-0.3, -0.25) is 9.59 Å². The van der Waals surface area contributed by atoms with Gasteiger partial charge in [0.1, 0.15) is 17.2 Å². The number of piperidine rings is 1. The minimum Gasteiger partial charge on any atom is -0.444 e. The smallest absolute Gasteiger partial charge is 0.408 e. The highest BCUT2D eigenvalue weighted by Crippen LogP contribution is 2.50. The summed E-state index contributed by atoms with van der Waals surface area (Å²) < 4.78 is 5.37. The highest BCUT2D eigenvalue weighted by Gasteiger charge is 2.47. The molecule has 11 nitrogen and oxygen atoms in total. The normalized spacial score (nSPS) is 18.0. The summed E-state index contributed by atoms with van der Waals surface area (Å²) in [6.45, 7) is 9.46. The molecule has 1 fully saturated rings. The Morgan fingerprint density at radius 2 is 1.67 bits per heavy atom. The van der Waals surface area contributed by atoms with Crippen molar-refractivity contribution in [1.82, 2.24) is 31.2 Å². The fraction of sp³-hybridized carbons (Fsp3) is 0.486. The fourth-order valence-electron chi connectivity index (χ4n) is 6.78. The van der Waals surface area contributed by atoms with E-state index in [9.17, 15) is 19.2 Å². The number of alkyl carbamates (subject to hydrolysis) is 1. The van der Waals surface area contributed by atoms with Gasteiger partial charge in [0.25, 0.3) is 0 Å². The second kappa shape index (κ2) is 12.7. The third kappa shape index (κ3) is 6.98. The number of para-hydroxylation sites is 1. The Morgan fingerprint density at radius 1 is 1.00 bits per heavy atom. The molecule has 1 saturated heterocycles. The zero-order chi connectivity index (χ0) is 33.3. The number of likely N-dealkylation sites (tertiary alicyclic amines) is 1. The van der Waals surface area contributed by atoms with Crippen LogP contribution in [0.5, 0.6) is 0 Å². The van der Waals surface area contributed by atoms with E-state index in [-0.39, 0.29) is 29.8 Å². The van der Waals surface area contributed by atoms with E-state index >= 15 is 0 Å². The van der Waals surface area contributed by atoms with Crippen molar-refractivity contribution in [2.75, 3.05) is 20.1 Å². The van der Waals surface area contributed by atoms with Crippen LogP contribution in [-0.4, -0.2) is 71.1 Å². The van der Waals surface area contributed by atoms with E-state index in [0.29, 0.717) is 13.1 Å². The lowest BCUT2D eigenvalue weighted by molar-refractivity contribution is -0.139. The number of urea groups is 1. The number of fused-ring (bicyclic) bond motifs is 3. The summed E-state index contributed by atoms with van der Waals surface area (Å²) in [6.07, 6.45) is 3.68. The number of benzene rings is 2. The molecule has 5 amide bonds. The summed E-state index contributed by atoms with van der Waals surface area (Å²) in [5.41, 5.74) is 1.97. The van der Waals surface area contributed by atoms with E-state index < -0.39 is 29.2 Å². The molecule has 11 heteroatoms. The summed E-state index contributed by atoms with van der Waals surface area (Å²) in [7, 11) is 1.61. The average Bonchev–Trinajstić information content (AvgIpc) is 3.54. The number of hydrogen-bond donors (Lipinski definition) is 5.